The van der Waals surface area contributed by atoms with Crippen LogP contribution in [0.2, 0.25) is 0 Å². The lowest BCUT2D eigenvalue weighted by molar-refractivity contribution is -0.137. The molecule has 0 radical (unpaired) electrons. The van der Waals surface area contributed by atoms with Gasteiger partial charge in [0.05, 0.1) is 11.8 Å². The maximum Gasteiger partial charge on any atom is 0.342 e. The summed E-state index contributed by atoms with van der Waals surface area (Å²) in [5, 5.41) is 7.18. The van der Waals surface area contributed by atoms with Crippen molar-refractivity contribution in [3.05, 3.63) is 47.6 Å². The van der Waals surface area contributed by atoms with E-state index in [-0.39, 0.29) is 61.7 Å². The zero-order valence-electron chi connectivity index (χ0n) is 27.0. The van der Waals surface area contributed by atoms with Crippen molar-refractivity contribution >= 4 is 35.1 Å². The van der Waals surface area contributed by atoms with Crippen molar-refractivity contribution in [3.63, 3.8) is 0 Å². The van der Waals surface area contributed by atoms with Crippen LogP contribution in [-0.2, 0) is 35.1 Å². The van der Waals surface area contributed by atoms with Crippen LogP contribution in [-0.4, -0.2) is 92.9 Å². The topological polar surface area (TPSA) is 134 Å². The zero-order valence-corrected chi connectivity index (χ0v) is 27.7. The fourth-order valence-corrected chi connectivity index (χ4v) is 4.90. The monoisotopic (exact) mass is 663 g/mol. The van der Waals surface area contributed by atoms with Crippen molar-refractivity contribution in [3.8, 4) is 11.5 Å². The summed E-state index contributed by atoms with van der Waals surface area (Å²) < 4.78 is 28.3. The van der Waals surface area contributed by atoms with Gasteiger partial charge in [0.1, 0.15) is 29.0 Å². The predicted molar refractivity (Wildman–Crippen MR) is 173 cm³/mol. The lowest BCUT2D eigenvalue weighted by Gasteiger charge is -2.26. The third kappa shape index (κ3) is 12.6. The van der Waals surface area contributed by atoms with E-state index in [1.54, 1.807) is 30.0 Å². The molecule has 12 nitrogen and oxygen atoms in total. The minimum Gasteiger partial charge on any atom is -0.467 e. The molecule has 254 valence electrons. The van der Waals surface area contributed by atoms with Crippen molar-refractivity contribution in [2.75, 3.05) is 52.4 Å². The molecular formula is C33H46ClN3O9. The van der Waals surface area contributed by atoms with Gasteiger partial charge in [0.2, 0.25) is 5.91 Å². The number of carbonyl (C=O) groups excluding carboxylic acids is 3. The lowest BCUT2D eigenvalue weighted by Crippen LogP contribution is -2.37. The molecule has 0 bridgehead atoms. The molecule has 2 atom stereocenters. The molecule has 0 spiro atoms. The Hall–Kier alpha value is -3.61. The number of esters is 1. The number of allylic oxidation sites excluding steroid dienone is 1. The maximum absolute atomic E-state index is 13.7. The lowest BCUT2D eigenvalue weighted by atomic mass is 9.99. The molecule has 1 fully saturated rings. The number of carbonyl (C=O) groups is 3. The van der Waals surface area contributed by atoms with E-state index in [0.29, 0.717) is 56.2 Å². The smallest absolute Gasteiger partial charge is 0.342 e. The summed E-state index contributed by atoms with van der Waals surface area (Å²) in [7, 11) is 0. The predicted octanol–water partition coefficient (Wildman–Crippen LogP) is 4.53. The van der Waals surface area contributed by atoms with E-state index in [1.807, 2.05) is 32.1 Å². The van der Waals surface area contributed by atoms with E-state index in [1.165, 1.54) is 0 Å². The Morgan fingerprint density at radius 3 is 2.50 bits per heavy atom. The van der Waals surface area contributed by atoms with Crippen molar-refractivity contribution in [2.24, 2.45) is 5.16 Å². The number of hydrogen-bond donors (Lipinski definition) is 1. The molecule has 46 heavy (non-hydrogen) atoms. The first-order chi connectivity index (χ1) is 22.3. The van der Waals surface area contributed by atoms with E-state index in [9.17, 15) is 14.4 Å². The van der Waals surface area contributed by atoms with E-state index in [2.05, 4.69) is 10.5 Å². The van der Waals surface area contributed by atoms with Gasteiger partial charge in [-0.2, -0.15) is 0 Å². The number of ether oxygens (including phenoxy) is 5. The van der Waals surface area contributed by atoms with E-state index in [0.717, 1.165) is 19.3 Å². The molecule has 2 amide bonds. The largest absolute Gasteiger partial charge is 0.467 e. The number of halogens is 1. The van der Waals surface area contributed by atoms with Crippen LogP contribution in [0.4, 0.5) is 0 Å². The quantitative estimate of drug-likeness (QED) is 0.0807. The number of rotatable bonds is 13. The molecule has 2 heterocycles. The Kier molecular flexibility index (Phi) is 16.4. The molecule has 1 saturated heterocycles. The summed E-state index contributed by atoms with van der Waals surface area (Å²) in [6.45, 7) is 7.41. The van der Waals surface area contributed by atoms with Gasteiger partial charge < -0.3 is 38.7 Å². The summed E-state index contributed by atoms with van der Waals surface area (Å²) in [6.07, 6.45) is 10.7. The number of hydrogen-bond acceptors (Lipinski definition) is 10. The second-order valence-corrected chi connectivity index (χ2v) is 11.0. The third-order valence-electron chi connectivity index (χ3n) is 7.14. The van der Waals surface area contributed by atoms with Gasteiger partial charge in [0, 0.05) is 45.2 Å². The SMILES string of the molecule is CCOCOc1cc2c(c(OCOCC)c1)C(=O)O[C@H](C)C/C=C/[C@H](NC(=O)CCl)C/C=C/C(=N/OCC(=O)N1CCCCC1)C2. The van der Waals surface area contributed by atoms with E-state index in [4.69, 9.17) is 40.1 Å². The number of amides is 2. The summed E-state index contributed by atoms with van der Waals surface area (Å²) in [5.41, 5.74) is 1.09. The summed E-state index contributed by atoms with van der Waals surface area (Å²) >= 11 is 5.73. The zero-order chi connectivity index (χ0) is 33.1. The normalized spacial score (nSPS) is 21.3. The fraction of sp³-hybridized carbons (Fsp3) is 0.576. The Labute approximate surface area is 276 Å². The van der Waals surface area contributed by atoms with Gasteiger partial charge in [-0.1, -0.05) is 23.4 Å². The first kappa shape index (κ1) is 36.9. The second kappa shape index (κ2) is 20.5. The highest BCUT2D eigenvalue weighted by atomic mass is 35.5. The van der Waals surface area contributed by atoms with Crippen LogP contribution in [0.15, 0.2) is 41.6 Å². The Balaban J connectivity index is 2.02. The van der Waals surface area contributed by atoms with Crippen LogP contribution in [0.3, 0.4) is 0 Å². The standard InChI is InChI=1S/C33H46ClN3O9/c1-4-41-22-43-28-18-25-17-27(36-45-21-31(39)37-15-7-6-8-16-37)14-10-13-26(35-30(38)20-34)12-9-11-24(3)46-33(40)32(25)29(19-28)44-23-42-5-2/h9-10,12,14,18-19,24,26H,4-8,11,13,15-17,20-23H2,1-3H3,(H,35,38)/b12-9+,14-10+,36-27-/t24-,26+/m1/s1. The minimum absolute atomic E-state index is 0.00795. The molecule has 0 unspecified atom stereocenters. The number of nitrogens with one attached hydrogen (secondary N) is 1. The molecule has 0 aromatic heterocycles. The summed E-state index contributed by atoms with van der Waals surface area (Å²) in [4.78, 5) is 45.9. The van der Waals surface area contributed by atoms with Gasteiger partial charge in [-0.15, -0.1) is 11.6 Å². The van der Waals surface area contributed by atoms with Crippen LogP contribution in [0, 0.1) is 0 Å². The highest BCUT2D eigenvalue weighted by Gasteiger charge is 2.25. The molecule has 0 saturated carbocycles. The first-order valence-electron chi connectivity index (χ1n) is 15.8. The molecule has 1 aromatic rings. The van der Waals surface area contributed by atoms with E-state index >= 15 is 0 Å². The highest BCUT2D eigenvalue weighted by Crippen LogP contribution is 2.32. The average Bonchev–Trinajstić information content (AvgIpc) is 3.04. The Morgan fingerprint density at radius 1 is 1.04 bits per heavy atom. The number of cyclic esters (lactones) is 1. The Morgan fingerprint density at radius 2 is 1.78 bits per heavy atom. The van der Waals surface area contributed by atoms with Gasteiger partial charge in [0.25, 0.3) is 5.91 Å². The van der Waals surface area contributed by atoms with Gasteiger partial charge in [-0.05, 0) is 64.2 Å². The number of oxime groups is 1. The van der Waals surface area contributed by atoms with Gasteiger partial charge in [-0.25, -0.2) is 4.79 Å². The summed E-state index contributed by atoms with van der Waals surface area (Å²) in [5.74, 6) is -0.618. The number of nitrogens with zero attached hydrogens (tertiary/aromatic N) is 2. The van der Waals surface area contributed by atoms with Crippen LogP contribution in [0.25, 0.3) is 0 Å². The number of benzene rings is 1. The first-order valence-corrected chi connectivity index (χ1v) is 16.3. The van der Waals surface area contributed by atoms with Crippen LogP contribution < -0.4 is 14.8 Å². The maximum atomic E-state index is 13.7. The molecule has 1 aromatic carbocycles. The second-order valence-electron chi connectivity index (χ2n) is 10.8. The van der Waals surface area contributed by atoms with Gasteiger partial charge >= 0.3 is 5.97 Å². The van der Waals surface area contributed by atoms with Crippen LogP contribution in [0.5, 0.6) is 11.5 Å². The molecule has 0 aliphatic carbocycles. The van der Waals surface area contributed by atoms with Crippen molar-refractivity contribution in [1.29, 1.82) is 0 Å². The fourth-order valence-electron chi connectivity index (χ4n) is 4.82. The Bertz CT molecular complexity index is 1230. The number of likely N-dealkylation sites (tertiary alicyclic amines) is 1. The number of fused-ring (bicyclic) bond motifs is 1. The summed E-state index contributed by atoms with van der Waals surface area (Å²) in [6, 6.07) is 2.93. The van der Waals surface area contributed by atoms with Crippen LogP contribution >= 0.6 is 11.6 Å². The van der Waals surface area contributed by atoms with Crippen molar-refractivity contribution < 1.29 is 42.9 Å². The van der Waals surface area contributed by atoms with E-state index < -0.39 is 12.1 Å². The van der Waals surface area contributed by atoms with Gasteiger partial charge in [0.15, 0.2) is 20.2 Å². The molecule has 13 heteroatoms. The number of alkyl halides is 1. The molecular weight excluding hydrogens is 618 g/mol. The average molecular weight is 664 g/mol. The molecule has 2 aliphatic heterocycles. The van der Waals surface area contributed by atoms with Crippen molar-refractivity contribution in [2.45, 2.75) is 71.4 Å². The third-order valence-corrected chi connectivity index (χ3v) is 7.38. The highest BCUT2D eigenvalue weighted by molar-refractivity contribution is 6.27. The number of piperidine rings is 1. The molecule has 1 N–H and O–H groups in total. The minimum atomic E-state index is -0.604. The van der Waals surface area contributed by atoms with Crippen molar-refractivity contribution in [1.82, 2.24) is 10.2 Å². The molecule has 2 aliphatic rings. The van der Waals surface area contributed by atoms with Crippen LogP contribution in [0.1, 0.15) is 68.8 Å². The molecule has 3 rings (SSSR count). The van der Waals surface area contributed by atoms with Gasteiger partial charge in [-0.3, -0.25) is 9.59 Å².